The van der Waals surface area contributed by atoms with E-state index in [-0.39, 0.29) is 5.76 Å². The van der Waals surface area contributed by atoms with Gasteiger partial charge in [-0.05, 0) is 5.04 Å². The van der Waals surface area contributed by atoms with Gasteiger partial charge in [0.05, 0.1) is 6.26 Å². The van der Waals surface area contributed by atoms with Gasteiger partial charge in [-0.1, -0.05) is 6.42 Å². The van der Waals surface area contributed by atoms with E-state index >= 15 is 0 Å². The molecule has 1 rings (SSSR count). The molecule has 0 fully saturated rings. The third kappa shape index (κ3) is 3.48. The van der Waals surface area contributed by atoms with Gasteiger partial charge < -0.3 is 9.84 Å². The molecule has 1 unspecified atom stereocenters. The number of hydrogen-bond acceptors (Lipinski definition) is 6. The molecular weight excluding hydrogens is 180 g/mol. The highest BCUT2D eigenvalue weighted by atomic mass is 17.7. The maximum absolute atomic E-state index is 8.94. The molecule has 6 nitrogen and oxygen atoms in total. The van der Waals surface area contributed by atoms with Crippen LogP contribution in [-0.4, -0.2) is 11.4 Å². The van der Waals surface area contributed by atoms with Crippen molar-refractivity contribution >= 4 is 0 Å². The van der Waals surface area contributed by atoms with Crippen molar-refractivity contribution in [2.45, 2.75) is 6.29 Å². The molecule has 0 bridgehead atoms. The van der Waals surface area contributed by atoms with Gasteiger partial charge in [0.25, 0.3) is 6.29 Å². The molecule has 1 aliphatic heterocycles. The van der Waals surface area contributed by atoms with E-state index in [4.69, 9.17) is 9.84 Å². The van der Waals surface area contributed by atoms with Gasteiger partial charge in [-0.15, -0.1) is 0 Å². The quantitative estimate of drug-likeness (QED) is 0.301. The molecule has 13 heavy (non-hydrogen) atoms. The minimum Gasteiger partial charge on any atom is -0.508 e. The highest BCUT2D eigenvalue weighted by Crippen LogP contribution is 2.08. The molecule has 70 valence electrons. The highest BCUT2D eigenvalue weighted by Gasteiger charge is 2.11. The van der Waals surface area contributed by atoms with Crippen LogP contribution in [0.4, 0.5) is 0 Å². The molecule has 0 radical (unpaired) electrons. The van der Waals surface area contributed by atoms with Gasteiger partial charge >= 0.3 is 0 Å². The van der Waals surface area contributed by atoms with E-state index in [0.717, 1.165) is 0 Å². The average Bonchev–Trinajstić information content (AvgIpc) is 2.13. The predicted octanol–water partition coefficient (Wildman–Crippen LogP) is 0.700. The lowest BCUT2D eigenvalue weighted by Gasteiger charge is -2.12. The maximum atomic E-state index is 8.94. The predicted molar refractivity (Wildman–Crippen MR) is 37.9 cm³/mol. The number of hydrogen-bond donors (Lipinski definition) is 1. The molecule has 0 aliphatic carbocycles. The van der Waals surface area contributed by atoms with Crippen molar-refractivity contribution in [1.29, 1.82) is 0 Å². The summed E-state index contributed by atoms with van der Waals surface area (Å²) in [5.41, 5.74) is 0. The monoisotopic (exact) mass is 186 g/mol. The third-order valence-corrected chi connectivity index (χ3v) is 1.00. The lowest BCUT2D eigenvalue weighted by atomic mass is 10.4. The van der Waals surface area contributed by atoms with Crippen molar-refractivity contribution in [3.63, 3.8) is 0 Å². The summed E-state index contributed by atoms with van der Waals surface area (Å²) in [6.45, 7) is 0. The molecule has 0 aromatic carbocycles. The van der Waals surface area contributed by atoms with Gasteiger partial charge in [0.2, 0.25) is 0 Å². The topological polar surface area (TPSA) is 66.4 Å². The molecule has 1 heterocycles. The van der Waals surface area contributed by atoms with Gasteiger partial charge in [0.15, 0.2) is 6.11 Å². The fraction of sp³-hybridized carbons (Fsp3) is 0.143. The average molecular weight is 186 g/mol. The zero-order chi connectivity index (χ0) is 9.52. The Hall–Kier alpha value is -1.68. The normalized spacial score (nSPS) is 19.9. The molecule has 0 aromatic rings. The van der Waals surface area contributed by atoms with E-state index in [2.05, 4.69) is 26.3 Å². The van der Waals surface area contributed by atoms with E-state index < -0.39 is 6.29 Å². The largest absolute Gasteiger partial charge is 0.508 e. The van der Waals surface area contributed by atoms with Crippen LogP contribution in [0.25, 0.3) is 0 Å². The molecule has 1 N–H and O–H groups in total. The van der Waals surface area contributed by atoms with Gasteiger partial charge in [-0.25, -0.2) is 0 Å². The molecular formula is C7H6O6. The third-order valence-electron chi connectivity index (χ3n) is 1.00. The molecule has 0 spiro atoms. The van der Waals surface area contributed by atoms with E-state index in [9.17, 15) is 0 Å². The number of aliphatic hydroxyl groups is 1. The Morgan fingerprint density at radius 2 is 2.38 bits per heavy atom. The van der Waals surface area contributed by atoms with Crippen LogP contribution in [-0.2, 0) is 24.6 Å². The first-order chi connectivity index (χ1) is 6.33. The lowest BCUT2D eigenvalue weighted by molar-refractivity contribution is -0.633. The molecule has 6 heteroatoms. The smallest absolute Gasteiger partial charge is 0.256 e. The zero-order valence-electron chi connectivity index (χ0n) is 6.38. The van der Waals surface area contributed by atoms with Crippen molar-refractivity contribution in [3.8, 4) is 12.5 Å². The van der Waals surface area contributed by atoms with Gasteiger partial charge in [-0.3, -0.25) is 4.89 Å². The van der Waals surface area contributed by atoms with E-state index in [0.29, 0.717) is 0 Å². The van der Waals surface area contributed by atoms with Crippen molar-refractivity contribution in [2.75, 3.05) is 0 Å². The summed E-state index contributed by atoms with van der Waals surface area (Å²) in [7, 11) is 0. The SMILES string of the molecule is C#COOOOC1C=C(O)C=CO1. The minimum absolute atomic E-state index is 0.0160. The first kappa shape index (κ1) is 9.41. The number of terminal acetylenes is 1. The summed E-state index contributed by atoms with van der Waals surface area (Å²) < 4.78 is 4.78. The van der Waals surface area contributed by atoms with E-state index in [1.165, 1.54) is 18.4 Å². The first-order valence-electron chi connectivity index (χ1n) is 3.17. The van der Waals surface area contributed by atoms with E-state index in [1.807, 2.05) is 0 Å². The standard InChI is InChI=1S/C7H6O6/c1-2-10-12-13-11-7-5-6(8)3-4-9-7/h1,3-5,7-8H. The first-order valence-corrected chi connectivity index (χ1v) is 3.17. The summed E-state index contributed by atoms with van der Waals surface area (Å²) in [6.07, 6.45) is 9.19. The van der Waals surface area contributed by atoms with Crippen LogP contribution >= 0.6 is 0 Å². The van der Waals surface area contributed by atoms with E-state index in [1.54, 1.807) is 6.11 Å². The minimum atomic E-state index is -0.911. The number of ether oxygens (including phenoxy) is 1. The Balaban J connectivity index is 2.16. The Kier molecular flexibility index (Phi) is 3.66. The summed E-state index contributed by atoms with van der Waals surface area (Å²) >= 11 is 0. The number of rotatable bonds is 4. The van der Waals surface area contributed by atoms with Gasteiger partial charge in [-0.2, -0.15) is 4.89 Å². The van der Waals surface area contributed by atoms with Crippen LogP contribution in [0.3, 0.4) is 0 Å². The van der Waals surface area contributed by atoms with Crippen LogP contribution in [0, 0.1) is 12.5 Å². The van der Waals surface area contributed by atoms with Crippen molar-refractivity contribution in [1.82, 2.24) is 0 Å². The second kappa shape index (κ2) is 5.05. The summed E-state index contributed by atoms with van der Waals surface area (Å²) in [6, 6.07) is 0. The molecule has 0 saturated carbocycles. The number of aliphatic hydroxyl groups excluding tert-OH is 1. The van der Waals surface area contributed by atoms with Crippen LogP contribution in [0.1, 0.15) is 0 Å². The highest BCUT2D eigenvalue weighted by molar-refractivity contribution is 5.12. The number of allylic oxidation sites excluding steroid dienone is 1. The van der Waals surface area contributed by atoms with Gasteiger partial charge in [0, 0.05) is 17.2 Å². The molecule has 0 amide bonds. The maximum Gasteiger partial charge on any atom is 0.256 e. The van der Waals surface area contributed by atoms with Crippen LogP contribution in [0.15, 0.2) is 24.2 Å². The molecule has 0 saturated heterocycles. The van der Waals surface area contributed by atoms with Gasteiger partial charge in [0.1, 0.15) is 5.76 Å². The summed E-state index contributed by atoms with van der Waals surface area (Å²) in [5, 5.41) is 16.8. The Bertz CT molecular complexity index is 250. The Morgan fingerprint density at radius 1 is 1.54 bits per heavy atom. The van der Waals surface area contributed by atoms with Crippen LogP contribution in [0.5, 0.6) is 0 Å². The molecule has 0 aromatic heterocycles. The second-order valence-corrected chi connectivity index (χ2v) is 1.83. The zero-order valence-corrected chi connectivity index (χ0v) is 6.38. The second-order valence-electron chi connectivity index (χ2n) is 1.83. The fourth-order valence-electron chi connectivity index (χ4n) is 0.559. The molecule has 1 aliphatic rings. The Morgan fingerprint density at radius 3 is 3.08 bits per heavy atom. The molecule has 1 atom stereocenters. The van der Waals surface area contributed by atoms with Crippen LogP contribution in [0.2, 0.25) is 0 Å². The van der Waals surface area contributed by atoms with Crippen LogP contribution < -0.4 is 0 Å². The van der Waals surface area contributed by atoms with Crippen molar-refractivity contribution in [3.05, 3.63) is 24.2 Å². The van der Waals surface area contributed by atoms with Crippen molar-refractivity contribution < 1.29 is 29.7 Å². The summed E-state index contributed by atoms with van der Waals surface area (Å²) in [4.78, 5) is 8.28. The fourth-order valence-corrected chi connectivity index (χ4v) is 0.559. The summed E-state index contributed by atoms with van der Waals surface area (Å²) in [5.74, 6) is -0.0160. The lowest BCUT2D eigenvalue weighted by Crippen LogP contribution is -2.15. The van der Waals surface area contributed by atoms with Crippen molar-refractivity contribution in [2.24, 2.45) is 0 Å². The Labute approximate surface area is 73.7 Å².